The van der Waals surface area contributed by atoms with E-state index in [9.17, 15) is 31.4 Å². The van der Waals surface area contributed by atoms with Crippen LogP contribution in [0.25, 0.3) is 11.1 Å². The van der Waals surface area contributed by atoms with Crippen LogP contribution in [0.15, 0.2) is 42.5 Å². The second kappa shape index (κ2) is 8.50. The quantitative estimate of drug-likeness (QED) is 0.509. The number of rotatable bonds is 5. The normalized spacial score (nSPS) is 19.2. The molecule has 2 aromatic carbocycles. The largest absolute Gasteiger partial charge is 0.430 e. The summed E-state index contributed by atoms with van der Waals surface area (Å²) in [6.45, 7) is 4.93. The molecule has 0 amide bonds. The Hall–Kier alpha value is -1.71. The Labute approximate surface area is 193 Å². The molecule has 180 valence electrons. The molecule has 0 radical (unpaired) electrons. The third-order valence-corrected chi connectivity index (χ3v) is 8.36. The first-order valence-electron chi connectivity index (χ1n) is 10.8. The van der Waals surface area contributed by atoms with Gasteiger partial charge < -0.3 is 5.11 Å². The number of nitrogens with zero attached hydrogens (tertiary/aromatic N) is 1. The van der Waals surface area contributed by atoms with E-state index in [1.165, 1.54) is 30.1 Å². The van der Waals surface area contributed by atoms with Crippen LogP contribution in [0.3, 0.4) is 0 Å². The summed E-state index contributed by atoms with van der Waals surface area (Å²) in [5.41, 5.74) is -2.34. The van der Waals surface area contributed by atoms with Gasteiger partial charge >= 0.3 is 12.4 Å². The van der Waals surface area contributed by atoms with E-state index in [1.54, 1.807) is 0 Å². The van der Waals surface area contributed by atoms with Crippen LogP contribution in [0.2, 0.25) is 0 Å². The van der Waals surface area contributed by atoms with Crippen LogP contribution in [-0.4, -0.2) is 47.0 Å². The minimum Gasteiger partial charge on any atom is -0.369 e. The van der Waals surface area contributed by atoms with E-state index in [0.29, 0.717) is 29.5 Å². The van der Waals surface area contributed by atoms with E-state index >= 15 is 0 Å². The minimum atomic E-state index is -5.89. The number of benzene rings is 2. The Morgan fingerprint density at radius 2 is 1.61 bits per heavy atom. The van der Waals surface area contributed by atoms with Crippen molar-refractivity contribution in [2.75, 3.05) is 24.6 Å². The topological polar surface area (TPSA) is 23.5 Å². The average molecular weight is 490 g/mol. The van der Waals surface area contributed by atoms with Gasteiger partial charge in [0.15, 0.2) is 0 Å². The highest BCUT2D eigenvalue weighted by Crippen LogP contribution is 2.50. The molecular formula is C24H25F6NOS. The van der Waals surface area contributed by atoms with Crippen LogP contribution in [0.1, 0.15) is 30.0 Å². The van der Waals surface area contributed by atoms with E-state index in [2.05, 4.69) is 11.0 Å². The molecule has 2 fully saturated rings. The number of aryl methyl sites for hydroxylation is 1. The van der Waals surface area contributed by atoms with Crippen LogP contribution in [0.4, 0.5) is 26.3 Å². The van der Waals surface area contributed by atoms with Gasteiger partial charge in [0.2, 0.25) is 0 Å². The van der Waals surface area contributed by atoms with Gasteiger partial charge in [0.05, 0.1) is 0 Å². The van der Waals surface area contributed by atoms with Gasteiger partial charge in [-0.1, -0.05) is 49.4 Å². The summed E-state index contributed by atoms with van der Waals surface area (Å²) >= 11 is 1.99. The van der Waals surface area contributed by atoms with E-state index in [-0.39, 0.29) is 0 Å². The number of aliphatic hydroxyl groups is 1. The first-order valence-corrected chi connectivity index (χ1v) is 11.9. The van der Waals surface area contributed by atoms with Crippen LogP contribution in [0.5, 0.6) is 0 Å². The lowest BCUT2D eigenvalue weighted by Crippen LogP contribution is -2.53. The van der Waals surface area contributed by atoms with Gasteiger partial charge in [0.1, 0.15) is 0 Å². The predicted octanol–water partition coefficient (Wildman–Crippen LogP) is 6.17. The van der Waals surface area contributed by atoms with Gasteiger partial charge in [-0.2, -0.15) is 38.1 Å². The van der Waals surface area contributed by atoms with Crippen molar-refractivity contribution in [2.45, 2.75) is 44.3 Å². The zero-order valence-corrected chi connectivity index (χ0v) is 18.9. The SMILES string of the molecule is CCc1cc(CN2CCC3(CSC3)C2)ccc1-c1ccc(C(O)(C(F)(F)F)C(F)(F)F)cc1. The summed E-state index contributed by atoms with van der Waals surface area (Å²) in [6, 6.07) is 9.69. The molecule has 0 atom stereocenters. The first-order chi connectivity index (χ1) is 15.4. The highest BCUT2D eigenvalue weighted by Gasteiger charge is 2.71. The lowest BCUT2D eigenvalue weighted by Gasteiger charge is -2.37. The van der Waals surface area contributed by atoms with Crippen molar-refractivity contribution in [1.82, 2.24) is 4.90 Å². The lowest BCUT2D eigenvalue weighted by atomic mass is 9.89. The molecule has 0 saturated carbocycles. The van der Waals surface area contributed by atoms with Gasteiger partial charge in [0.25, 0.3) is 5.60 Å². The van der Waals surface area contributed by atoms with Crippen LogP contribution in [-0.2, 0) is 18.6 Å². The fourth-order valence-corrected chi connectivity index (χ4v) is 6.00. The molecule has 4 rings (SSSR count). The Balaban J connectivity index is 1.56. The molecule has 0 bridgehead atoms. The second-order valence-corrected chi connectivity index (χ2v) is 10.1. The fraction of sp³-hybridized carbons (Fsp3) is 0.500. The van der Waals surface area contributed by atoms with Crippen molar-refractivity contribution in [2.24, 2.45) is 5.41 Å². The third kappa shape index (κ3) is 4.39. The van der Waals surface area contributed by atoms with Crippen LogP contribution in [0, 0.1) is 5.41 Å². The third-order valence-electron chi connectivity index (χ3n) is 6.72. The van der Waals surface area contributed by atoms with Gasteiger partial charge in [-0.25, -0.2) is 0 Å². The van der Waals surface area contributed by atoms with Crippen molar-refractivity contribution in [3.63, 3.8) is 0 Å². The summed E-state index contributed by atoms with van der Waals surface area (Å²) in [4.78, 5) is 2.44. The molecule has 0 aliphatic carbocycles. The molecule has 0 aromatic heterocycles. The van der Waals surface area contributed by atoms with Crippen LogP contribution < -0.4 is 0 Å². The predicted molar refractivity (Wildman–Crippen MR) is 117 cm³/mol. The Kier molecular flexibility index (Phi) is 6.29. The molecule has 33 heavy (non-hydrogen) atoms. The van der Waals surface area contributed by atoms with Crippen molar-refractivity contribution < 1.29 is 31.4 Å². The molecular weight excluding hydrogens is 464 g/mol. The first kappa shape index (κ1) is 24.4. The van der Waals surface area contributed by atoms with Crippen molar-refractivity contribution >= 4 is 11.8 Å². The molecule has 0 unspecified atom stereocenters. The van der Waals surface area contributed by atoms with Crippen LogP contribution >= 0.6 is 11.8 Å². The fourth-order valence-electron chi connectivity index (χ4n) is 4.75. The zero-order valence-electron chi connectivity index (χ0n) is 18.1. The number of hydrogen-bond acceptors (Lipinski definition) is 3. The van der Waals surface area contributed by atoms with E-state index < -0.39 is 23.5 Å². The molecule has 2 aliphatic heterocycles. The maximum atomic E-state index is 13.1. The Morgan fingerprint density at radius 3 is 2.09 bits per heavy atom. The molecule has 2 heterocycles. The molecule has 9 heteroatoms. The number of thioether (sulfide) groups is 1. The molecule has 2 aliphatic rings. The van der Waals surface area contributed by atoms with E-state index in [1.807, 2.05) is 30.8 Å². The van der Waals surface area contributed by atoms with Crippen molar-refractivity contribution in [3.05, 3.63) is 59.2 Å². The summed E-state index contributed by atoms with van der Waals surface area (Å²) in [5, 5.41) is 9.59. The number of hydrogen-bond donors (Lipinski definition) is 1. The standard InChI is InChI=1S/C24H25F6NOS/c1-2-17-11-16(12-31-10-9-21(13-31)14-33-15-21)3-8-20(17)18-4-6-19(7-5-18)22(32,23(25,26)27)24(28,29)30/h3-8,11,32H,2,9-10,12-15H2,1H3. The Bertz CT molecular complexity index is 983. The van der Waals surface area contributed by atoms with E-state index in [0.717, 1.165) is 36.3 Å². The average Bonchev–Trinajstić information content (AvgIpc) is 3.16. The summed E-state index contributed by atoms with van der Waals surface area (Å²) in [7, 11) is 0. The summed E-state index contributed by atoms with van der Waals surface area (Å²) in [6.07, 6.45) is -9.90. The highest BCUT2D eigenvalue weighted by molar-refractivity contribution is 8.00. The molecule has 1 spiro atoms. The van der Waals surface area contributed by atoms with Gasteiger partial charge in [-0.3, -0.25) is 4.90 Å². The lowest BCUT2D eigenvalue weighted by molar-refractivity contribution is -0.376. The van der Waals surface area contributed by atoms with Gasteiger partial charge in [0, 0.05) is 35.6 Å². The maximum Gasteiger partial charge on any atom is 0.430 e. The monoisotopic (exact) mass is 489 g/mol. The maximum absolute atomic E-state index is 13.1. The number of likely N-dealkylation sites (tertiary alicyclic amines) is 1. The molecule has 2 nitrogen and oxygen atoms in total. The van der Waals surface area contributed by atoms with Crippen molar-refractivity contribution in [1.29, 1.82) is 0 Å². The number of halogens is 6. The zero-order chi connectivity index (χ0) is 24.1. The Morgan fingerprint density at radius 1 is 0.970 bits per heavy atom. The highest BCUT2D eigenvalue weighted by atomic mass is 32.2. The molecule has 1 N–H and O–H groups in total. The van der Waals surface area contributed by atoms with Gasteiger partial charge in [-0.05, 0) is 41.6 Å². The smallest absolute Gasteiger partial charge is 0.369 e. The summed E-state index contributed by atoms with van der Waals surface area (Å²) in [5.74, 6) is 2.44. The minimum absolute atomic E-state index is 0.467. The molecule has 2 aromatic rings. The van der Waals surface area contributed by atoms with E-state index in [4.69, 9.17) is 0 Å². The van der Waals surface area contributed by atoms with Crippen molar-refractivity contribution in [3.8, 4) is 11.1 Å². The number of alkyl halides is 6. The summed E-state index contributed by atoms with van der Waals surface area (Å²) < 4.78 is 78.8. The molecule has 2 saturated heterocycles. The second-order valence-electron chi connectivity index (χ2n) is 9.08. The van der Waals surface area contributed by atoms with Gasteiger partial charge in [-0.15, -0.1) is 0 Å².